The molecule has 1 unspecified atom stereocenters. The van der Waals surface area contributed by atoms with Crippen LogP contribution in [0.3, 0.4) is 0 Å². The van der Waals surface area contributed by atoms with E-state index in [-0.39, 0.29) is 12.6 Å². The van der Waals surface area contributed by atoms with Crippen molar-refractivity contribution in [3.05, 3.63) is 69.2 Å². The molecule has 0 spiro atoms. The molecular weight excluding hydrogens is 416 g/mol. The average molecular weight is 438 g/mol. The minimum Gasteiger partial charge on any atom is -0.444 e. The quantitative estimate of drug-likeness (QED) is 0.575. The molecule has 0 heterocycles. The van der Waals surface area contributed by atoms with Crippen molar-refractivity contribution in [2.24, 2.45) is 0 Å². The highest BCUT2D eigenvalue weighted by molar-refractivity contribution is 9.10. The number of aryl methyl sites for hydroxylation is 1. The number of hydrogen-bond donors (Lipinski definition) is 0. The Bertz CT molecular complexity index is 864. The van der Waals surface area contributed by atoms with Crippen LogP contribution >= 0.6 is 15.9 Å². The molecule has 3 nitrogen and oxygen atoms in total. The molecule has 0 radical (unpaired) electrons. The molecule has 1 aliphatic carbocycles. The monoisotopic (exact) mass is 437 g/mol. The van der Waals surface area contributed by atoms with Gasteiger partial charge in [0.15, 0.2) is 11.6 Å². The second-order valence-corrected chi connectivity index (χ2v) is 8.67. The summed E-state index contributed by atoms with van der Waals surface area (Å²) < 4.78 is 33.5. The zero-order valence-corrected chi connectivity index (χ0v) is 17.1. The van der Waals surface area contributed by atoms with Gasteiger partial charge in [0.05, 0.1) is 6.04 Å². The van der Waals surface area contributed by atoms with Crippen LogP contribution in [-0.4, -0.2) is 16.6 Å². The fourth-order valence-corrected chi connectivity index (χ4v) is 3.75. The Balaban J connectivity index is 1.93. The highest BCUT2D eigenvalue weighted by atomic mass is 79.9. The van der Waals surface area contributed by atoms with Crippen LogP contribution < -0.4 is 0 Å². The van der Waals surface area contributed by atoms with E-state index in [1.807, 2.05) is 12.1 Å². The average Bonchev–Trinajstić information content (AvgIpc) is 2.96. The maximum absolute atomic E-state index is 13.6. The molecule has 1 amide bonds. The summed E-state index contributed by atoms with van der Waals surface area (Å²) in [5.74, 6) is -1.83. The van der Waals surface area contributed by atoms with Gasteiger partial charge in [-0.15, -0.1) is 0 Å². The molecule has 1 aliphatic rings. The van der Waals surface area contributed by atoms with E-state index < -0.39 is 23.3 Å². The van der Waals surface area contributed by atoms with Crippen LogP contribution in [0.15, 0.2) is 40.9 Å². The van der Waals surface area contributed by atoms with Crippen molar-refractivity contribution in [1.29, 1.82) is 0 Å². The van der Waals surface area contributed by atoms with Gasteiger partial charge in [0.25, 0.3) is 0 Å². The van der Waals surface area contributed by atoms with Gasteiger partial charge in [0.1, 0.15) is 5.60 Å². The van der Waals surface area contributed by atoms with Crippen molar-refractivity contribution in [1.82, 2.24) is 4.90 Å². The summed E-state index contributed by atoms with van der Waals surface area (Å²) in [7, 11) is 0. The molecule has 0 saturated heterocycles. The molecule has 2 aromatic carbocycles. The molecule has 2 aromatic rings. The number of fused-ring (bicyclic) bond motifs is 1. The third-order valence-corrected chi connectivity index (χ3v) is 4.99. The smallest absolute Gasteiger partial charge is 0.411 e. The highest BCUT2D eigenvalue weighted by Crippen LogP contribution is 2.38. The minimum absolute atomic E-state index is 0.145. The number of carbonyl (C=O) groups excluding carboxylic acids is 1. The number of amides is 1. The second kappa shape index (κ2) is 7.58. The molecule has 6 heteroatoms. The minimum atomic E-state index is -0.924. The van der Waals surface area contributed by atoms with E-state index >= 15 is 0 Å². The Morgan fingerprint density at radius 3 is 2.59 bits per heavy atom. The number of ether oxygens (including phenoxy) is 1. The predicted octanol–water partition coefficient (Wildman–Crippen LogP) is 6.15. The highest BCUT2D eigenvalue weighted by Gasteiger charge is 2.34. The molecule has 3 rings (SSSR count). The lowest BCUT2D eigenvalue weighted by molar-refractivity contribution is 0.0136. The van der Waals surface area contributed by atoms with Crippen LogP contribution in [-0.2, 0) is 17.7 Å². The molecule has 0 saturated carbocycles. The molecular formula is C21H22BrF2NO2. The fraction of sp³-hybridized carbons (Fsp3) is 0.381. The number of halogens is 3. The molecule has 0 aromatic heterocycles. The topological polar surface area (TPSA) is 29.5 Å². The van der Waals surface area contributed by atoms with Crippen LogP contribution in [0.2, 0.25) is 0 Å². The first-order valence-corrected chi connectivity index (χ1v) is 9.65. The summed E-state index contributed by atoms with van der Waals surface area (Å²) in [6.07, 6.45) is 1.14. The Hall–Kier alpha value is -1.95. The fourth-order valence-electron chi connectivity index (χ4n) is 3.34. The second-order valence-electron chi connectivity index (χ2n) is 7.75. The van der Waals surface area contributed by atoms with Crippen LogP contribution in [0.5, 0.6) is 0 Å². The van der Waals surface area contributed by atoms with Crippen molar-refractivity contribution in [2.75, 3.05) is 0 Å². The number of nitrogens with zero attached hydrogens (tertiary/aromatic N) is 1. The van der Waals surface area contributed by atoms with E-state index in [1.165, 1.54) is 11.6 Å². The van der Waals surface area contributed by atoms with Crippen molar-refractivity contribution in [3.63, 3.8) is 0 Å². The number of hydrogen-bond acceptors (Lipinski definition) is 2. The number of benzene rings is 2. The number of rotatable bonds is 3. The van der Waals surface area contributed by atoms with Gasteiger partial charge in [-0.3, -0.25) is 4.90 Å². The summed E-state index contributed by atoms with van der Waals surface area (Å²) >= 11 is 3.48. The molecule has 0 bridgehead atoms. The summed E-state index contributed by atoms with van der Waals surface area (Å²) in [5.41, 5.74) is 2.11. The molecule has 27 heavy (non-hydrogen) atoms. The first kappa shape index (κ1) is 19.8. The summed E-state index contributed by atoms with van der Waals surface area (Å²) in [6.45, 7) is 5.56. The molecule has 0 N–H and O–H groups in total. The molecule has 0 aliphatic heterocycles. The van der Waals surface area contributed by atoms with Crippen molar-refractivity contribution < 1.29 is 18.3 Å². The van der Waals surface area contributed by atoms with Crippen LogP contribution in [0.25, 0.3) is 0 Å². The van der Waals surface area contributed by atoms with Gasteiger partial charge in [-0.2, -0.15) is 0 Å². The largest absolute Gasteiger partial charge is 0.444 e. The van der Waals surface area contributed by atoms with Crippen LogP contribution in [0.4, 0.5) is 13.6 Å². The summed E-state index contributed by atoms with van der Waals surface area (Å²) in [4.78, 5) is 14.5. The normalized spacial score (nSPS) is 16.1. The lowest BCUT2D eigenvalue weighted by Crippen LogP contribution is -2.38. The van der Waals surface area contributed by atoms with E-state index in [1.54, 1.807) is 25.7 Å². The zero-order chi connectivity index (χ0) is 19.8. The van der Waals surface area contributed by atoms with Gasteiger partial charge >= 0.3 is 6.09 Å². The van der Waals surface area contributed by atoms with E-state index in [9.17, 15) is 13.6 Å². The maximum Gasteiger partial charge on any atom is 0.411 e. The van der Waals surface area contributed by atoms with E-state index in [0.717, 1.165) is 35.0 Å². The van der Waals surface area contributed by atoms with Gasteiger partial charge in [-0.1, -0.05) is 28.1 Å². The van der Waals surface area contributed by atoms with Crippen molar-refractivity contribution >= 4 is 22.0 Å². The van der Waals surface area contributed by atoms with Crippen LogP contribution in [0, 0.1) is 11.6 Å². The molecule has 144 valence electrons. The predicted molar refractivity (Wildman–Crippen MR) is 103 cm³/mol. The molecule has 0 fully saturated rings. The van der Waals surface area contributed by atoms with Gasteiger partial charge in [0, 0.05) is 11.0 Å². The van der Waals surface area contributed by atoms with Gasteiger partial charge in [0.2, 0.25) is 0 Å². The lowest BCUT2D eigenvalue weighted by atomic mass is 10.1. The Labute approximate surface area is 166 Å². The third kappa shape index (κ3) is 4.67. The van der Waals surface area contributed by atoms with Gasteiger partial charge in [-0.25, -0.2) is 13.6 Å². The molecule has 1 atom stereocenters. The standard InChI is InChI=1S/C21H22BrF2NO2/c1-21(2,3)27-20(26)25(12-13-4-8-17(23)18(24)10-13)19-9-5-14-11-15(22)6-7-16(14)19/h4,6-8,10-11,19H,5,9,12H2,1-3H3. The summed E-state index contributed by atoms with van der Waals surface area (Å²) in [6, 6.07) is 9.53. The third-order valence-electron chi connectivity index (χ3n) is 4.49. The Kier molecular flexibility index (Phi) is 5.56. The SMILES string of the molecule is CC(C)(C)OC(=O)N(Cc1ccc(F)c(F)c1)C1CCc2cc(Br)ccc21. The van der Waals surface area contributed by atoms with Gasteiger partial charge in [-0.05, 0) is 74.6 Å². The van der Waals surface area contributed by atoms with E-state index in [2.05, 4.69) is 22.0 Å². The lowest BCUT2D eigenvalue weighted by Gasteiger charge is -2.32. The first-order valence-electron chi connectivity index (χ1n) is 8.86. The van der Waals surface area contributed by atoms with Gasteiger partial charge < -0.3 is 4.74 Å². The Morgan fingerprint density at radius 1 is 1.19 bits per heavy atom. The first-order chi connectivity index (χ1) is 12.6. The summed E-state index contributed by atoms with van der Waals surface area (Å²) in [5, 5.41) is 0. The Morgan fingerprint density at radius 2 is 1.93 bits per heavy atom. The van der Waals surface area contributed by atoms with Crippen LogP contribution in [0.1, 0.15) is 49.9 Å². The van der Waals surface area contributed by atoms with E-state index in [0.29, 0.717) is 5.56 Å². The van der Waals surface area contributed by atoms with Crippen molar-refractivity contribution in [3.8, 4) is 0 Å². The van der Waals surface area contributed by atoms with E-state index in [4.69, 9.17) is 4.74 Å². The van der Waals surface area contributed by atoms with Crippen molar-refractivity contribution in [2.45, 2.75) is 51.8 Å². The zero-order valence-electron chi connectivity index (χ0n) is 15.6. The number of carbonyl (C=O) groups is 1. The maximum atomic E-state index is 13.6.